The van der Waals surface area contributed by atoms with Crippen molar-refractivity contribution in [2.24, 2.45) is 5.92 Å². The van der Waals surface area contributed by atoms with E-state index in [0.29, 0.717) is 45.1 Å². The van der Waals surface area contributed by atoms with E-state index in [1.54, 1.807) is 31.2 Å². The number of nitriles is 1. The molecular formula is C23H23N3O4S2. The van der Waals surface area contributed by atoms with Crippen LogP contribution in [0.5, 0.6) is 5.75 Å². The van der Waals surface area contributed by atoms with Crippen LogP contribution in [0.4, 0.5) is 5.69 Å². The first kappa shape index (κ1) is 23.4. The highest BCUT2D eigenvalue weighted by molar-refractivity contribution is 7.90. The van der Waals surface area contributed by atoms with E-state index in [4.69, 9.17) is 4.74 Å². The lowest BCUT2D eigenvalue weighted by Gasteiger charge is -2.10. The van der Waals surface area contributed by atoms with Gasteiger partial charge in [0.15, 0.2) is 9.84 Å². The molecule has 0 spiro atoms. The number of aryl methyl sites for hydroxylation is 1. The van der Waals surface area contributed by atoms with E-state index in [0.717, 1.165) is 11.8 Å². The van der Waals surface area contributed by atoms with Crippen molar-refractivity contribution in [3.05, 3.63) is 58.6 Å². The van der Waals surface area contributed by atoms with E-state index >= 15 is 0 Å². The standard InChI is InChI=1S/C23H23N3O4S2/c1-14(2)13-30-20-10-5-16(11-17(20)12-24)23-25-15(3)21(31-23)22(27)26-18-6-8-19(9-7-18)32(4,28)29/h5-11,14H,13H2,1-4H3,(H,26,27). The summed E-state index contributed by atoms with van der Waals surface area (Å²) in [5.74, 6) is 0.524. The number of amides is 1. The summed E-state index contributed by atoms with van der Waals surface area (Å²) in [5, 5.41) is 12.9. The number of ether oxygens (including phenoxy) is 1. The Bertz CT molecular complexity index is 1290. The van der Waals surface area contributed by atoms with Crippen molar-refractivity contribution in [2.75, 3.05) is 18.2 Å². The molecule has 0 radical (unpaired) electrons. The molecule has 2 aromatic carbocycles. The molecule has 1 heterocycles. The maximum Gasteiger partial charge on any atom is 0.267 e. The van der Waals surface area contributed by atoms with Crippen LogP contribution in [0.2, 0.25) is 0 Å². The van der Waals surface area contributed by atoms with Crippen molar-refractivity contribution in [3.8, 4) is 22.4 Å². The molecule has 0 saturated heterocycles. The van der Waals surface area contributed by atoms with Crippen molar-refractivity contribution in [3.63, 3.8) is 0 Å². The highest BCUT2D eigenvalue weighted by Gasteiger charge is 2.18. The first-order chi connectivity index (χ1) is 15.1. The van der Waals surface area contributed by atoms with Crippen LogP contribution >= 0.6 is 11.3 Å². The zero-order valence-corrected chi connectivity index (χ0v) is 19.8. The third kappa shape index (κ3) is 5.52. The van der Waals surface area contributed by atoms with Gasteiger partial charge >= 0.3 is 0 Å². The molecule has 1 aromatic heterocycles. The van der Waals surface area contributed by atoms with Crippen LogP contribution in [0.15, 0.2) is 47.4 Å². The van der Waals surface area contributed by atoms with Gasteiger partial charge in [-0.1, -0.05) is 13.8 Å². The fraction of sp³-hybridized carbons (Fsp3) is 0.261. The average Bonchev–Trinajstić information content (AvgIpc) is 3.13. The fourth-order valence-electron chi connectivity index (χ4n) is 2.84. The number of nitrogens with one attached hydrogen (secondary N) is 1. The molecule has 7 nitrogen and oxygen atoms in total. The van der Waals surface area contributed by atoms with Gasteiger partial charge < -0.3 is 10.1 Å². The number of carbonyl (C=O) groups excluding carboxylic acids is 1. The van der Waals surface area contributed by atoms with Crippen molar-refractivity contribution < 1.29 is 17.9 Å². The van der Waals surface area contributed by atoms with Gasteiger partial charge in [0.25, 0.3) is 5.91 Å². The highest BCUT2D eigenvalue weighted by atomic mass is 32.2. The molecule has 166 valence electrons. The Morgan fingerprint density at radius 1 is 1.22 bits per heavy atom. The topological polar surface area (TPSA) is 109 Å². The molecule has 32 heavy (non-hydrogen) atoms. The summed E-state index contributed by atoms with van der Waals surface area (Å²) in [7, 11) is -3.30. The zero-order chi connectivity index (χ0) is 23.5. The summed E-state index contributed by atoms with van der Waals surface area (Å²) >= 11 is 1.22. The van der Waals surface area contributed by atoms with E-state index in [2.05, 4.69) is 16.4 Å². The molecule has 1 N–H and O–H groups in total. The summed E-state index contributed by atoms with van der Waals surface area (Å²) in [6, 6.07) is 13.4. The van der Waals surface area contributed by atoms with E-state index in [1.807, 2.05) is 19.9 Å². The smallest absolute Gasteiger partial charge is 0.267 e. The quantitative estimate of drug-likeness (QED) is 0.538. The first-order valence-corrected chi connectivity index (χ1v) is 12.6. The number of carbonyl (C=O) groups is 1. The van der Waals surface area contributed by atoms with Gasteiger partial charge in [-0.2, -0.15) is 5.26 Å². The second kappa shape index (κ2) is 9.51. The molecule has 0 aliphatic rings. The van der Waals surface area contributed by atoms with Crippen LogP contribution in [-0.2, 0) is 9.84 Å². The Hall–Kier alpha value is -3.22. The van der Waals surface area contributed by atoms with Gasteiger partial charge in [0.2, 0.25) is 0 Å². The zero-order valence-electron chi connectivity index (χ0n) is 18.2. The van der Waals surface area contributed by atoms with Crippen LogP contribution in [0.3, 0.4) is 0 Å². The lowest BCUT2D eigenvalue weighted by atomic mass is 10.1. The van der Waals surface area contributed by atoms with E-state index in [9.17, 15) is 18.5 Å². The minimum atomic E-state index is -3.30. The maximum atomic E-state index is 12.8. The number of thiazole rings is 1. The normalized spacial score (nSPS) is 11.2. The summed E-state index contributed by atoms with van der Waals surface area (Å²) in [6.45, 7) is 6.32. The van der Waals surface area contributed by atoms with E-state index < -0.39 is 9.84 Å². The number of hydrogen-bond donors (Lipinski definition) is 1. The second-order valence-corrected chi connectivity index (χ2v) is 10.7. The predicted molar refractivity (Wildman–Crippen MR) is 125 cm³/mol. The van der Waals surface area contributed by atoms with Crippen molar-refractivity contribution >= 4 is 32.8 Å². The summed E-state index contributed by atoms with van der Waals surface area (Å²) in [4.78, 5) is 17.9. The molecule has 0 atom stereocenters. The number of nitrogens with zero attached hydrogens (tertiary/aromatic N) is 2. The highest BCUT2D eigenvalue weighted by Crippen LogP contribution is 2.32. The molecule has 0 fully saturated rings. The summed E-state index contributed by atoms with van der Waals surface area (Å²) in [6.07, 6.45) is 1.13. The van der Waals surface area contributed by atoms with Gasteiger partial charge in [-0.05, 0) is 55.3 Å². The molecule has 0 unspecified atom stereocenters. The lowest BCUT2D eigenvalue weighted by Crippen LogP contribution is -2.11. The van der Waals surface area contributed by atoms with Crippen molar-refractivity contribution in [1.82, 2.24) is 4.98 Å². The molecule has 0 saturated carbocycles. The number of hydrogen-bond acceptors (Lipinski definition) is 7. The van der Waals surface area contributed by atoms with Gasteiger partial charge in [0.1, 0.15) is 21.7 Å². The number of anilines is 1. The van der Waals surface area contributed by atoms with E-state index in [-0.39, 0.29) is 10.8 Å². The first-order valence-electron chi connectivity index (χ1n) is 9.84. The Morgan fingerprint density at radius 3 is 2.50 bits per heavy atom. The van der Waals surface area contributed by atoms with Gasteiger partial charge in [-0.25, -0.2) is 13.4 Å². The minimum Gasteiger partial charge on any atom is -0.492 e. The fourth-order valence-corrected chi connectivity index (χ4v) is 4.42. The van der Waals surface area contributed by atoms with Crippen LogP contribution < -0.4 is 10.1 Å². The molecule has 3 rings (SSSR count). The molecule has 0 bridgehead atoms. The van der Waals surface area contributed by atoms with Crippen molar-refractivity contribution in [2.45, 2.75) is 25.7 Å². The van der Waals surface area contributed by atoms with Crippen LogP contribution in [0.1, 0.15) is 34.8 Å². The van der Waals surface area contributed by atoms with Crippen molar-refractivity contribution in [1.29, 1.82) is 5.26 Å². The summed E-state index contributed by atoms with van der Waals surface area (Å²) < 4.78 is 28.9. The van der Waals surface area contributed by atoms with E-state index in [1.165, 1.54) is 23.5 Å². The molecule has 0 aliphatic carbocycles. The molecule has 1 amide bonds. The third-order valence-electron chi connectivity index (χ3n) is 4.46. The Balaban J connectivity index is 1.81. The maximum absolute atomic E-state index is 12.8. The largest absolute Gasteiger partial charge is 0.492 e. The molecular weight excluding hydrogens is 446 g/mol. The monoisotopic (exact) mass is 469 g/mol. The second-order valence-electron chi connectivity index (χ2n) is 7.71. The minimum absolute atomic E-state index is 0.181. The lowest BCUT2D eigenvalue weighted by molar-refractivity contribution is 0.103. The van der Waals surface area contributed by atoms with Gasteiger partial charge in [-0.15, -0.1) is 11.3 Å². The number of benzene rings is 2. The third-order valence-corrected chi connectivity index (χ3v) is 6.80. The van der Waals surface area contributed by atoms with Gasteiger partial charge in [0.05, 0.1) is 22.8 Å². The molecule has 3 aromatic rings. The Morgan fingerprint density at radius 2 is 1.91 bits per heavy atom. The Kier molecular flexibility index (Phi) is 6.96. The van der Waals surface area contributed by atoms with Crippen LogP contribution in [-0.4, -0.2) is 32.2 Å². The molecule has 9 heteroatoms. The van der Waals surface area contributed by atoms with Gasteiger partial charge in [-0.3, -0.25) is 4.79 Å². The molecule has 0 aliphatic heterocycles. The number of aromatic nitrogens is 1. The predicted octanol–water partition coefficient (Wildman–Crippen LogP) is 4.68. The SMILES string of the molecule is Cc1nc(-c2ccc(OCC(C)C)c(C#N)c2)sc1C(=O)Nc1ccc(S(C)(=O)=O)cc1. The number of sulfone groups is 1. The number of rotatable bonds is 7. The average molecular weight is 470 g/mol. The Labute approximate surface area is 191 Å². The van der Waals surface area contributed by atoms with Gasteiger partial charge in [0, 0.05) is 17.5 Å². The van der Waals surface area contributed by atoms with Crippen LogP contribution in [0, 0.1) is 24.2 Å². The summed E-state index contributed by atoms with van der Waals surface area (Å²) in [5.41, 5.74) is 2.18. The van der Waals surface area contributed by atoms with Crippen LogP contribution in [0.25, 0.3) is 10.6 Å².